The van der Waals surface area contributed by atoms with Gasteiger partial charge in [-0.15, -0.1) is 0 Å². The molecule has 0 N–H and O–H groups in total. The van der Waals surface area contributed by atoms with E-state index in [4.69, 9.17) is 27.9 Å². The molecule has 0 amide bonds. The van der Waals surface area contributed by atoms with Gasteiger partial charge in [-0.05, 0) is 23.8 Å². The SMILES string of the molecule is COc1cc(-c2cccc(Cl)c2Cl)ccc1F. The van der Waals surface area contributed by atoms with Crippen LogP contribution in [0.3, 0.4) is 0 Å². The molecule has 4 heteroatoms. The zero-order chi connectivity index (χ0) is 12.4. The maximum absolute atomic E-state index is 13.3. The van der Waals surface area contributed by atoms with Gasteiger partial charge in [-0.3, -0.25) is 0 Å². The van der Waals surface area contributed by atoms with Crippen molar-refractivity contribution in [3.63, 3.8) is 0 Å². The predicted octanol–water partition coefficient (Wildman–Crippen LogP) is 4.81. The van der Waals surface area contributed by atoms with Crippen LogP contribution in [0.1, 0.15) is 0 Å². The van der Waals surface area contributed by atoms with Crippen LogP contribution < -0.4 is 4.74 Å². The Morgan fingerprint density at radius 1 is 1.12 bits per heavy atom. The second-order valence-electron chi connectivity index (χ2n) is 3.45. The van der Waals surface area contributed by atoms with Crippen molar-refractivity contribution in [2.75, 3.05) is 7.11 Å². The fourth-order valence-corrected chi connectivity index (χ4v) is 1.96. The summed E-state index contributed by atoms with van der Waals surface area (Å²) in [4.78, 5) is 0. The standard InChI is InChI=1S/C13H9Cl2FO/c1-17-12-7-8(5-6-11(12)16)9-3-2-4-10(14)13(9)15/h2-7H,1H3. The van der Waals surface area contributed by atoms with Crippen molar-refractivity contribution >= 4 is 23.2 Å². The monoisotopic (exact) mass is 270 g/mol. The first-order valence-electron chi connectivity index (χ1n) is 4.91. The molecule has 0 aliphatic carbocycles. The molecule has 0 saturated heterocycles. The number of hydrogen-bond donors (Lipinski definition) is 0. The van der Waals surface area contributed by atoms with E-state index in [0.717, 1.165) is 11.1 Å². The Morgan fingerprint density at radius 2 is 1.88 bits per heavy atom. The van der Waals surface area contributed by atoms with Crippen LogP contribution >= 0.6 is 23.2 Å². The number of ether oxygens (including phenoxy) is 1. The van der Waals surface area contributed by atoms with E-state index in [1.807, 2.05) is 6.07 Å². The van der Waals surface area contributed by atoms with Crippen LogP contribution in [0, 0.1) is 5.82 Å². The molecule has 0 fully saturated rings. The summed E-state index contributed by atoms with van der Waals surface area (Å²) in [5.74, 6) is -0.229. The lowest BCUT2D eigenvalue weighted by molar-refractivity contribution is 0.387. The number of halogens is 3. The zero-order valence-corrected chi connectivity index (χ0v) is 10.5. The van der Waals surface area contributed by atoms with Gasteiger partial charge in [0.15, 0.2) is 11.6 Å². The topological polar surface area (TPSA) is 9.23 Å². The zero-order valence-electron chi connectivity index (χ0n) is 9.01. The molecule has 2 aromatic carbocycles. The number of benzene rings is 2. The quantitative estimate of drug-likeness (QED) is 0.761. The molecule has 0 aliphatic heterocycles. The summed E-state index contributed by atoms with van der Waals surface area (Å²) in [5.41, 5.74) is 1.51. The maximum Gasteiger partial charge on any atom is 0.165 e. The highest BCUT2D eigenvalue weighted by Crippen LogP contribution is 2.35. The van der Waals surface area contributed by atoms with Gasteiger partial charge >= 0.3 is 0 Å². The second-order valence-corrected chi connectivity index (χ2v) is 4.24. The first kappa shape index (κ1) is 12.2. The van der Waals surface area contributed by atoms with E-state index in [0.29, 0.717) is 10.0 Å². The van der Waals surface area contributed by atoms with Crippen LogP contribution in [0.5, 0.6) is 5.75 Å². The molecule has 0 radical (unpaired) electrons. The first-order chi connectivity index (χ1) is 8.13. The van der Waals surface area contributed by atoms with Crippen molar-refractivity contribution in [1.29, 1.82) is 0 Å². The Balaban J connectivity index is 2.57. The molecule has 0 unspecified atom stereocenters. The highest BCUT2D eigenvalue weighted by atomic mass is 35.5. The average Bonchev–Trinajstić information content (AvgIpc) is 2.34. The van der Waals surface area contributed by atoms with Crippen LogP contribution in [0.15, 0.2) is 36.4 Å². The molecule has 88 valence electrons. The molecule has 0 aromatic heterocycles. The summed E-state index contributed by atoms with van der Waals surface area (Å²) in [6.07, 6.45) is 0. The van der Waals surface area contributed by atoms with Gasteiger partial charge in [0.1, 0.15) is 0 Å². The van der Waals surface area contributed by atoms with E-state index in [1.54, 1.807) is 24.3 Å². The molecule has 17 heavy (non-hydrogen) atoms. The van der Waals surface area contributed by atoms with Crippen molar-refractivity contribution in [3.8, 4) is 16.9 Å². The average molecular weight is 271 g/mol. The van der Waals surface area contributed by atoms with Crippen molar-refractivity contribution in [2.45, 2.75) is 0 Å². The predicted molar refractivity (Wildman–Crippen MR) is 68.4 cm³/mol. The minimum atomic E-state index is -0.408. The van der Waals surface area contributed by atoms with Crippen molar-refractivity contribution in [1.82, 2.24) is 0 Å². The molecule has 0 heterocycles. The smallest absolute Gasteiger partial charge is 0.165 e. The Kier molecular flexibility index (Phi) is 3.55. The molecular formula is C13H9Cl2FO. The highest BCUT2D eigenvalue weighted by molar-refractivity contribution is 6.43. The van der Waals surface area contributed by atoms with Crippen LogP contribution in [-0.4, -0.2) is 7.11 Å². The summed E-state index contributed by atoms with van der Waals surface area (Å²) in [5, 5.41) is 0.912. The lowest BCUT2D eigenvalue weighted by Crippen LogP contribution is -1.89. The van der Waals surface area contributed by atoms with Crippen LogP contribution in [0.25, 0.3) is 11.1 Å². The lowest BCUT2D eigenvalue weighted by atomic mass is 10.1. The summed E-state index contributed by atoms with van der Waals surface area (Å²) in [6.45, 7) is 0. The fraction of sp³-hybridized carbons (Fsp3) is 0.0769. The third-order valence-electron chi connectivity index (χ3n) is 2.41. The maximum atomic E-state index is 13.3. The van der Waals surface area contributed by atoms with E-state index >= 15 is 0 Å². The minimum Gasteiger partial charge on any atom is -0.494 e. The largest absolute Gasteiger partial charge is 0.494 e. The fourth-order valence-electron chi connectivity index (χ4n) is 1.55. The van der Waals surface area contributed by atoms with Gasteiger partial charge in [0, 0.05) is 5.56 Å². The minimum absolute atomic E-state index is 0.179. The molecule has 0 saturated carbocycles. The Hall–Kier alpha value is -1.25. The third kappa shape index (κ3) is 2.38. The first-order valence-corrected chi connectivity index (χ1v) is 5.67. The van der Waals surface area contributed by atoms with E-state index in [2.05, 4.69) is 0 Å². The summed E-state index contributed by atoms with van der Waals surface area (Å²) < 4.78 is 18.2. The normalized spacial score (nSPS) is 10.4. The van der Waals surface area contributed by atoms with Crippen molar-refractivity contribution in [2.24, 2.45) is 0 Å². The van der Waals surface area contributed by atoms with Gasteiger partial charge in [-0.1, -0.05) is 41.4 Å². The molecular weight excluding hydrogens is 262 g/mol. The second kappa shape index (κ2) is 4.94. The van der Waals surface area contributed by atoms with Crippen LogP contribution in [0.4, 0.5) is 4.39 Å². The highest BCUT2D eigenvalue weighted by Gasteiger charge is 2.09. The third-order valence-corrected chi connectivity index (χ3v) is 3.23. The molecule has 0 bridgehead atoms. The van der Waals surface area contributed by atoms with Gasteiger partial charge in [0.25, 0.3) is 0 Å². The molecule has 2 aromatic rings. The van der Waals surface area contributed by atoms with E-state index in [1.165, 1.54) is 13.2 Å². The Morgan fingerprint density at radius 3 is 2.59 bits per heavy atom. The number of methoxy groups -OCH3 is 1. The Labute approximate surface area is 109 Å². The summed E-state index contributed by atoms with van der Waals surface area (Å²) >= 11 is 12.0. The number of rotatable bonds is 2. The van der Waals surface area contributed by atoms with Crippen LogP contribution in [0.2, 0.25) is 10.0 Å². The summed E-state index contributed by atoms with van der Waals surface area (Å²) in [7, 11) is 1.42. The molecule has 2 rings (SSSR count). The van der Waals surface area contributed by atoms with Gasteiger partial charge in [-0.2, -0.15) is 0 Å². The molecule has 0 spiro atoms. The van der Waals surface area contributed by atoms with Gasteiger partial charge < -0.3 is 4.74 Å². The van der Waals surface area contributed by atoms with E-state index in [-0.39, 0.29) is 5.75 Å². The van der Waals surface area contributed by atoms with Crippen LogP contribution in [-0.2, 0) is 0 Å². The van der Waals surface area contributed by atoms with E-state index < -0.39 is 5.82 Å². The van der Waals surface area contributed by atoms with E-state index in [9.17, 15) is 4.39 Å². The molecule has 0 atom stereocenters. The van der Waals surface area contributed by atoms with Gasteiger partial charge in [0.05, 0.1) is 17.2 Å². The van der Waals surface area contributed by atoms with Crippen molar-refractivity contribution < 1.29 is 9.13 Å². The van der Waals surface area contributed by atoms with Crippen molar-refractivity contribution in [3.05, 3.63) is 52.3 Å². The summed E-state index contributed by atoms with van der Waals surface area (Å²) in [6, 6.07) is 9.88. The Bertz CT molecular complexity index is 555. The number of hydrogen-bond acceptors (Lipinski definition) is 1. The molecule has 1 nitrogen and oxygen atoms in total. The lowest BCUT2D eigenvalue weighted by Gasteiger charge is -2.08. The van der Waals surface area contributed by atoms with Gasteiger partial charge in [-0.25, -0.2) is 4.39 Å². The van der Waals surface area contributed by atoms with Gasteiger partial charge in [0.2, 0.25) is 0 Å². The molecule has 0 aliphatic rings.